The van der Waals surface area contributed by atoms with Gasteiger partial charge in [-0.15, -0.1) is 0 Å². The van der Waals surface area contributed by atoms with Crippen molar-refractivity contribution >= 4 is 28.8 Å². The number of nitrogens with zero attached hydrogens (tertiary/aromatic N) is 2. The Bertz CT molecular complexity index is 381. The number of hydrogen-bond donors (Lipinski definition) is 0. The first-order valence-corrected chi connectivity index (χ1v) is 7.03. The standard InChI is InChI=1S/C12H18N2O3S/c1-12(2,3)4-9(15)13-5-8(6-13)14-10(16)7-18-11(14)17/h8H,4-7H2,1-3H3. The summed E-state index contributed by atoms with van der Waals surface area (Å²) in [5.74, 6) is 0.217. The highest BCUT2D eigenvalue weighted by Gasteiger charge is 2.43. The molecule has 0 bridgehead atoms. The lowest BCUT2D eigenvalue weighted by atomic mass is 9.90. The molecule has 2 aliphatic heterocycles. The van der Waals surface area contributed by atoms with E-state index in [1.807, 2.05) is 20.8 Å². The Morgan fingerprint density at radius 1 is 1.33 bits per heavy atom. The normalized spacial score (nSPS) is 21.5. The molecule has 3 amide bonds. The zero-order valence-electron chi connectivity index (χ0n) is 10.9. The van der Waals surface area contributed by atoms with Gasteiger partial charge in [0, 0.05) is 19.5 Å². The molecule has 0 radical (unpaired) electrons. The summed E-state index contributed by atoms with van der Waals surface area (Å²) in [5.41, 5.74) is -0.0305. The van der Waals surface area contributed by atoms with E-state index < -0.39 is 0 Å². The molecule has 0 unspecified atom stereocenters. The molecule has 2 fully saturated rings. The van der Waals surface area contributed by atoms with Gasteiger partial charge in [0.25, 0.3) is 5.24 Å². The molecule has 5 nitrogen and oxygen atoms in total. The molecule has 2 heterocycles. The molecule has 18 heavy (non-hydrogen) atoms. The van der Waals surface area contributed by atoms with Crippen LogP contribution in [-0.4, -0.2) is 51.7 Å². The largest absolute Gasteiger partial charge is 0.338 e. The summed E-state index contributed by atoms with van der Waals surface area (Å²) in [6, 6.07) is -0.107. The monoisotopic (exact) mass is 270 g/mol. The van der Waals surface area contributed by atoms with Crippen molar-refractivity contribution in [2.24, 2.45) is 5.41 Å². The predicted octanol–water partition coefficient (Wildman–Crippen LogP) is 1.33. The minimum absolute atomic E-state index is 0.0305. The average molecular weight is 270 g/mol. The van der Waals surface area contributed by atoms with Crippen LogP contribution in [0.25, 0.3) is 0 Å². The van der Waals surface area contributed by atoms with Gasteiger partial charge in [0.15, 0.2) is 0 Å². The van der Waals surface area contributed by atoms with Crippen molar-refractivity contribution in [2.75, 3.05) is 18.8 Å². The van der Waals surface area contributed by atoms with Gasteiger partial charge in [-0.2, -0.15) is 0 Å². The Hall–Kier alpha value is -1.04. The van der Waals surface area contributed by atoms with Crippen molar-refractivity contribution in [3.05, 3.63) is 0 Å². The third-order valence-electron chi connectivity index (χ3n) is 3.05. The molecular weight excluding hydrogens is 252 g/mol. The Balaban J connectivity index is 1.85. The molecule has 0 N–H and O–H groups in total. The van der Waals surface area contributed by atoms with E-state index in [0.29, 0.717) is 19.5 Å². The summed E-state index contributed by atoms with van der Waals surface area (Å²) in [7, 11) is 0. The van der Waals surface area contributed by atoms with Gasteiger partial charge in [-0.1, -0.05) is 32.5 Å². The molecule has 0 aromatic heterocycles. The number of carbonyl (C=O) groups is 3. The summed E-state index contributed by atoms with van der Waals surface area (Å²) < 4.78 is 0. The zero-order valence-corrected chi connectivity index (χ0v) is 11.7. The van der Waals surface area contributed by atoms with E-state index in [9.17, 15) is 14.4 Å². The number of rotatable bonds is 2. The molecule has 2 rings (SSSR count). The number of thioether (sulfide) groups is 1. The van der Waals surface area contributed by atoms with Crippen LogP contribution in [0, 0.1) is 5.41 Å². The van der Waals surface area contributed by atoms with Crippen molar-refractivity contribution in [2.45, 2.75) is 33.2 Å². The van der Waals surface area contributed by atoms with Crippen LogP contribution in [0.15, 0.2) is 0 Å². The molecule has 0 saturated carbocycles. The summed E-state index contributed by atoms with van der Waals surface area (Å²) >= 11 is 1.04. The topological polar surface area (TPSA) is 57.7 Å². The Morgan fingerprint density at radius 3 is 2.39 bits per heavy atom. The third-order valence-corrected chi connectivity index (χ3v) is 3.88. The van der Waals surface area contributed by atoms with Crippen molar-refractivity contribution in [3.8, 4) is 0 Å². The lowest BCUT2D eigenvalue weighted by Gasteiger charge is -2.43. The maximum atomic E-state index is 11.9. The predicted molar refractivity (Wildman–Crippen MR) is 69.1 cm³/mol. The van der Waals surface area contributed by atoms with Crippen LogP contribution in [0.5, 0.6) is 0 Å². The molecule has 0 aliphatic carbocycles. The number of hydrogen-bond acceptors (Lipinski definition) is 4. The van der Waals surface area contributed by atoms with E-state index in [1.165, 1.54) is 4.90 Å². The molecule has 100 valence electrons. The Labute approximate surface area is 111 Å². The average Bonchev–Trinajstić information content (AvgIpc) is 2.43. The lowest BCUT2D eigenvalue weighted by Crippen LogP contribution is -2.62. The molecule has 6 heteroatoms. The second kappa shape index (κ2) is 4.57. The highest BCUT2D eigenvalue weighted by Crippen LogP contribution is 2.28. The summed E-state index contributed by atoms with van der Waals surface area (Å²) in [6.07, 6.45) is 0.496. The van der Waals surface area contributed by atoms with E-state index in [-0.39, 0.29) is 34.3 Å². The van der Waals surface area contributed by atoms with E-state index in [1.54, 1.807) is 4.90 Å². The number of imide groups is 1. The van der Waals surface area contributed by atoms with Gasteiger partial charge >= 0.3 is 0 Å². The van der Waals surface area contributed by atoms with Crippen LogP contribution in [0.2, 0.25) is 0 Å². The Morgan fingerprint density at radius 2 is 1.94 bits per heavy atom. The van der Waals surface area contributed by atoms with Crippen molar-refractivity contribution in [3.63, 3.8) is 0 Å². The first-order valence-electron chi connectivity index (χ1n) is 6.04. The second-order valence-corrected chi connectivity index (χ2v) is 6.93. The lowest BCUT2D eigenvalue weighted by molar-refractivity contribution is -0.143. The van der Waals surface area contributed by atoms with Gasteiger partial charge in [-0.05, 0) is 5.41 Å². The molecule has 0 aromatic rings. The first kappa shape index (κ1) is 13.4. The van der Waals surface area contributed by atoms with Crippen LogP contribution >= 0.6 is 11.8 Å². The van der Waals surface area contributed by atoms with Gasteiger partial charge in [-0.25, -0.2) is 0 Å². The molecule has 0 atom stereocenters. The van der Waals surface area contributed by atoms with Crippen molar-refractivity contribution < 1.29 is 14.4 Å². The first-order chi connectivity index (χ1) is 8.28. The van der Waals surface area contributed by atoms with Crippen LogP contribution in [0.1, 0.15) is 27.2 Å². The number of likely N-dealkylation sites (tertiary alicyclic amines) is 1. The second-order valence-electron chi connectivity index (χ2n) is 6.01. The van der Waals surface area contributed by atoms with Gasteiger partial charge in [0.2, 0.25) is 11.8 Å². The van der Waals surface area contributed by atoms with Crippen LogP contribution in [0.3, 0.4) is 0 Å². The molecule has 0 spiro atoms. The van der Waals surface area contributed by atoms with Crippen molar-refractivity contribution in [1.29, 1.82) is 0 Å². The SMILES string of the molecule is CC(C)(C)CC(=O)N1CC(N2C(=O)CSC2=O)C1. The van der Waals surface area contributed by atoms with E-state index in [2.05, 4.69) is 0 Å². The van der Waals surface area contributed by atoms with Gasteiger partial charge in [0.1, 0.15) is 0 Å². The van der Waals surface area contributed by atoms with Crippen molar-refractivity contribution in [1.82, 2.24) is 9.80 Å². The number of carbonyl (C=O) groups excluding carboxylic acids is 3. The fraction of sp³-hybridized carbons (Fsp3) is 0.750. The summed E-state index contributed by atoms with van der Waals surface area (Å²) in [5, 5.41) is -0.173. The molecule has 0 aromatic carbocycles. The quantitative estimate of drug-likeness (QED) is 0.759. The molecule has 2 aliphatic rings. The highest BCUT2D eigenvalue weighted by molar-refractivity contribution is 8.14. The minimum Gasteiger partial charge on any atom is -0.338 e. The number of amides is 3. The minimum atomic E-state index is -0.173. The Kier molecular flexibility index (Phi) is 3.40. The zero-order chi connectivity index (χ0) is 13.5. The molecular formula is C12H18N2O3S. The van der Waals surface area contributed by atoms with E-state index >= 15 is 0 Å². The van der Waals surface area contributed by atoms with Crippen LogP contribution in [-0.2, 0) is 9.59 Å². The third kappa shape index (κ3) is 2.68. The summed E-state index contributed by atoms with van der Waals surface area (Å²) in [6.45, 7) is 7.05. The van der Waals surface area contributed by atoms with Gasteiger partial charge in [0.05, 0.1) is 11.8 Å². The van der Waals surface area contributed by atoms with Gasteiger partial charge in [-0.3, -0.25) is 19.3 Å². The van der Waals surface area contributed by atoms with E-state index in [4.69, 9.17) is 0 Å². The fourth-order valence-corrected chi connectivity index (χ4v) is 2.88. The maximum absolute atomic E-state index is 11.9. The maximum Gasteiger partial charge on any atom is 0.289 e. The van der Waals surface area contributed by atoms with Crippen LogP contribution in [0.4, 0.5) is 4.79 Å². The summed E-state index contributed by atoms with van der Waals surface area (Å²) in [4.78, 5) is 37.9. The molecule has 2 saturated heterocycles. The van der Waals surface area contributed by atoms with Gasteiger partial charge < -0.3 is 4.90 Å². The fourth-order valence-electron chi connectivity index (χ4n) is 2.10. The van der Waals surface area contributed by atoms with E-state index in [0.717, 1.165) is 11.8 Å². The van der Waals surface area contributed by atoms with Crippen LogP contribution < -0.4 is 0 Å². The smallest absolute Gasteiger partial charge is 0.289 e. The highest BCUT2D eigenvalue weighted by atomic mass is 32.2.